The van der Waals surface area contributed by atoms with E-state index in [-0.39, 0.29) is 38.5 Å². The molecular formula is C40H48F2N8O4. The summed E-state index contributed by atoms with van der Waals surface area (Å²) in [6.45, 7) is 10.9. The molecule has 4 aliphatic rings. The Labute approximate surface area is 314 Å². The van der Waals surface area contributed by atoms with Crippen LogP contribution in [0.3, 0.4) is 0 Å². The van der Waals surface area contributed by atoms with Crippen molar-refractivity contribution in [2.24, 2.45) is 0 Å². The molecule has 4 saturated heterocycles. The first kappa shape index (κ1) is 37.4. The Morgan fingerprint density at radius 1 is 1.00 bits per heavy atom. The quantitative estimate of drug-likeness (QED) is 0.297. The number of pyridine rings is 1. The van der Waals surface area contributed by atoms with Crippen LogP contribution in [0.4, 0.5) is 14.6 Å². The number of hydrogen-bond acceptors (Lipinski definition) is 9. The molecule has 0 bridgehead atoms. The Balaban J connectivity index is 1.16. The number of piperazine rings is 2. The Kier molecular flexibility index (Phi) is 11.0. The number of aromatic hydroxyl groups is 1. The number of carbonyl (C=O) groups excluding carboxylic acids is 3. The number of aryl methyl sites for hydroxylation is 1. The Morgan fingerprint density at radius 2 is 1.74 bits per heavy atom. The highest BCUT2D eigenvalue weighted by Crippen LogP contribution is 2.32. The molecule has 286 valence electrons. The Hall–Kier alpha value is -4.92. The van der Waals surface area contributed by atoms with E-state index in [1.54, 1.807) is 11.1 Å². The molecule has 12 nitrogen and oxygen atoms in total. The molecule has 0 saturated carbocycles. The van der Waals surface area contributed by atoms with Crippen LogP contribution < -0.4 is 4.90 Å². The molecular weight excluding hydrogens is 694 g/mol. The lowest BCUT2D eigenvalue weighted by Gasteiger charge is -2.55. The van der Waals surface area contributed by atoms with E-state index in [9.17, 15) is 19.5 Å². The van der Waals surface area contributed by atoms with Gasteiger partial charge in [-0.25, -0.2) is 23.8 Å². The number of hydrogen-bond donors (Lipinski definition) is 1. The SMILES string of the molecule is C=CCN1CC(=O)N2C(CN(Cc3cccc(N4CC(N5CCN(C)CC5C)C4)n3)C(=O)[C@@H]2Cc2c(F)cc(O)cc2F)N1C(=O)CCc1ccccc1. The largest absolute Gasteiger partial charge is 0.508 e. The Morgan fingerprint density at radius 3 is 2.44 bits per heavy atom. The number of aromatic nitrogens is 1. The van der Waals surface area contributed by atoms with Gasteiger partial charge in [0.15, 0.2) is 0 Å². The number of hydrazine groups is 1. The lowest BCUT2D eigenvalue weighted by molar-refractivity contribution is -0.205. The average molecular weight is 743 g/mol. The molecule has 7 rings (SSSR count). The van der Waals surface area contributed by atoms with Crippen molar-refractivity contribution in [3.8, 4) is 5.75 Å². The molecule has 3 amide bonds. The first-order valence-electron chi connectivity index (χ1n) is 18.6. The summed E-state index contributed by atoms with van der Waals surface area (Å²) in [6, 6.07) is 16.4. The first-order valence-corrected chi connectivity index (χ1v) is 18.6. The molecule has 14 heteroatoms. The van der Waals surface area contributed by atoms with Crippen LogP contribution in [0.15, 0.2) is 73.3 Å². The predicted octanol–water partition coefficient (Wildman–Crippen LogP) is 2.88. The van der Waals surface area contributed by atoms with Crippen LogP contribution in [-0.2, 0) is 33.8 Å². The highest BCUT2D eigenvalue weighted by Gasteiger charge is 2.51. The molecule has 2 unspecified atom stereocenters. The minimum atomic E-state index is -1.33. The molecule has 4 aliphatic heterocycles. The number of nitrogens with zero attached hydrogens (tertiary/aromatic N) is 8. The van der Waals surface area contributed by atoms with Crippen LogP contribution >= 0.6 is 0 Å². The third-order valence-corrected chi connectivity index (χ3v) is 11.1. The molecule has 3 aromatic rings. The maximum Gasteiger partial charge on any atom is 0.246 e. The molecule has 0 spiro atoms. The Bertz CT molecular complexity index is 1850. The van der Waals surface area contributed by atoms with Gasteiger partial charge in [-0.1, -0.05) is 42.5 Å². The fourth-order valence-electron chi connectivity index (χ4n) is 8.37. The normalized spacial score (nSPS) is 23.1. The van der Waals surface area contributed by atoms with E-state index in [4.69, 9.17) is 4.98 Å². The van der Waals surface area contributed by atoms with Gasteiger partial charge >= 0.3 is 0 Å². The van der Waals surface area contributed by atoms with E-state index < -0.39 is 53.4 Å². The van der Waals surface area contributed by atoms with Crippen molar-refractivity contribution in [3.63, 3.8) is 0 Å². The summed E-state index contributed by atoms with van der Waals surface area (Å²) in [6.07, 6.45) is 0.742. The van der Waals surface area contributed by atoms with Crippen LogP contribution in [-0.4, -0.2) is 141 Å². The molecule has 54 heavy (non-hydrogen) atoms. The molecule has 5 heterocycles. The van der Waals surface area contributed by atoms with Gasteiger partial charge in [-0.05, 0) is 38.1 Å². The summed E-state index contributed by atoms with van der Waals surface area (Å²) in [5.41, 5.74) is 1.15. The van der Waals surface area contributed by atoms with Gasteiger partial charge in [-0.15, -0.1) is 6.58 Å². The van der Waals surface area contributed by atoms with Crippen LogP contribution in [0.5, 0.6) is 5.75 Å². The second kappa shape index (κ2) is 15.8. The van der Waals surface area contributed by atoms with Crippen molar-refractivity contribution in [2.75, 3.05) is 64.3 Å². The molecule has 1 aromatic heterocycles. The maximum absolute atomic E-state index is 15.2. The van der Waals surface area contributed by atoms with Gasteiger partial charge in [0.1, 0.15) is 35.4 Å². The van der Waals surface area contributed by atoms with Crippen LogP contribution in [0.25, 0.3) is 0 Å². The van der Waals surface area contributed by atoms with Gasteiger partial charge in [-0.3, -0.25) is 19.3 Å². The molecule has 3 atom stereocenters. The average Bonchev–Trinajstić information content (AvgIpc) is 3.11. The van der Waals surface area contributed by atoms with Gasteiger partial charge in [0.2, 0.25) is 17.7 Å². The van der Waals surface area contributed by atoms with E-state index in [2.05, 4.69) is 35.3 Å². The number of phenolic OH excluding ortho intramolecular Hbond substituents is 1. The van der Waals surface area contributed by atoms with E-state index in [1.165, 1.54) is 14.8 Å². The summed E-state index contributed by atoms with van der Waals surface area (Å²) in [5.74, 6) is -3.09. The third kappa shape index (κ3) is 7.68. The van der Waals surface area contributed by atoms with Crippen molar-refractivity contribution in [2.45, 2.75) is 57.0 Å². The van der Waals surface area contributed by atoms with Crippen LogP contribution in [0, 0.1) is 11.6 Å². The summed E-state index contributed by atoms with van der Waals surface area (Å²) in [4.78, 5) is 57.4. The number of halogens is 2. The molecule has 1 N–H and O–H groups in total. The lowest BCUT2D eigenvalue weighted by Crippen LogP contribution is -2.76. The minimum Gasteiger partial charge on any atom is -0.508 e. The summed E-state index contributed by atoms with van der Waals surface area (Å²) in [5, 5.41) is 13.0. The van der Waals surface area contributed by atoms with Gasteiger partial charge in [0, 0.05) is 81.9 Å². The minimum absolute atomic E-state index is 0.0364. The van der Waals surface area contributed by atoms with Gasteiger partial charge < -0.3 is 24.7 Å². The topological polar surface area (TPSA) is 107 Å². The summed E-state index contributed by atoms with van der Waals surface area (Å²) >= 11 is 0. The predicted molar refractivity (Wildman–Crippen MR) is 199 cm³/mol. The smallest absolute Gasteiger partial charge is 0.246 e. The molecule has 2 aromatic carbocycles. The third-order valence-electron chi connectivity index (χ3n) is 11.1. The van der Waals surface area contributed by atoms with E-state index in [1.807, 2.05) is 48.5 Å². The van der Waals surface area contributed by atoms with Gasteiger partial charge in [0.25, 0.3) is 0 Å². The number of likely N-dealkylation sites (N-methyl/N-ethyl adjacent to an activating group) is 1. The molecule has 4 fully saturated rings. The van der Waals surface area contributed by atoms with Gasteiger partial charge in [0.05, 0.1) is 25.3 Å². The fourth-order valence-corrected chi connectivity index (χ4v) is 8.37. The number of rotatable bonds is 11. The fraction of sp³-hybridized carbons (Fsp3) is 0.450. The highest BCUT2D eigenvalue weighted by molar-refractivity contribution is 5.92. The number of anilines is 1. The van der Waals surface area contributed by atoms with Gasteiger partial charge in [-0.2, -0.15) is 0 Å². The maximum atomic E-state index is 15.2. The van der Waals surface area contributed by atoms with Crippen molar-refractivity contribution < 1.29 is 28.3 Å². The van der Waals surface area contributed by atoms with E-state index in [0.29, 0.717) is 24.2 Å². The zero-order chi connectivity index (χ0) is 38.1. The lowest BCUT2D eigenvalue weighted by atomic mass is 9.97. The van der Waals surface area contributed by atoms with Crippen molar-refractivity contribution >= 4 is 23.5 Å². The number of phenols is 1. The van der Waals surface area contributed by atoms with Crippen molar-refractivity contribution in [1.82, 2.24) is 34.6 Å². The zero-order valence-corrected chi connectivity index (χ0v) is 30.9. The van der Waals surface area contributed by atoms with Crippen molar-refractivity contribution in [1.29, 1.82) is 0 Å². The van der Waals surface area contributed by atoms with Crippen LogP contribution in [0.2, 0.25) is 0 Å². The zero-order valence-electron chi connectivity index (χ0n) is 30.9. The number of fused-ring (bicyclic) bond motifs is 1. The van der Waals surface area contributed by atoms with E-state index >= 15 is 8.78 Å². The second-order valence-corrected chi connectivity index (χ2v) is 14.9. The first-order chi connectivity index (χ1) is 26.0. The number of benzene rings is 2. The van der Waals surface area contributed by atoms with Crippen molar-refractivity contribution in [3.05, 3.63) is 102 Å². The number of carbonyl (C=O) groups is 3. The second-order valence-electron chi connectivity index (χ2n) is 14.9. The summed E-state index contributed by atoms with van der Waals surface area (Å²) < 4.78 is 30.4. The molecule has 0 radical (unpaired) electrons. The summed E-state index contributed by atoms with van der Waals surface area (Å²) in [7, 11) is 2.15. The standard InChI is InChI=1S/C40H48F2N8O4/c1-4-15-47-26-39(53)49-35(20-32-33(41)18-31(51)19-34(32)42)40(54)46(25-37(49)50(47)38(52)14-13-28-9-6-5-7-10-28)22-29-11-8-12-36(43-29)45-23-30(24-45)48-17-16-44(3)21-27(48)2/h4-12,18-19,27,30,35,37,51H,1,13-17,20-26H2,2-3H3/t27?,35-,37?/m0/s1. The molecule has 0 aliphatic carbocycles. The monoisotopic (exact) mass is 742 g/mol. The van der Waals surface area contributed by atoms with Crippen LogP contribution in [0.1, 0.15) is 30.2 Å². The number of amides is 3. The van der Waals surface area contributed by atoms with E-state index in [0.717, 1.165) is 56.2 Å². The highest BCUT2D eigenvalue weighted by atomic mass is 19.1.